The Labute approximate surface area is 133 Å². The quantitative estimate of drug-likeness (QED) is 0.859. The zero-order valence-corrected chi connectivity index (χ0v) is 14.1. The van der Waals surface area contributed by atoms with E-state index in [4.69, 9.17) is 14.4 Å². The highest BCUT2D eigenvalue weighted by Gasteiger charge is 2.31. The van der Waals surface area contributed by atoms with Gasteiger partial charge in [0, 0.05) is 11.6 Å². The molecule has 5 nitrogen and oxygen atoms in total. The third-order valence-electron chi connectivity index (χ3n) is 3.27. The largest absolute Gasteiger partial charge is 0.363 e. The molecule has 2 aromatic rings. The van der Waals surface area contributed by atoms with E-state index >= 15 is 0 Å². The second kappa shape index (κ2) is 6.54. The van der Waals surface area contributed by atoms with E-state index in [0.717, 1.165) is 11.1 Å². The summed E-state index contributed by atoms with van der Waals surface area (Å²) in [5.74, 6) is -0.566. The van der Waals surface area contributed by atoms with Crippen molar-refractivity contribution in [3.63, 3.8) is 0 Å². The van der Waals surface area contributed by atoms with Crippen molar-refractivity contribution in [2.75, 3.05) is 6.26 Å². The van der Waals surface area contributed by atoms with Gasteiger partial charge >= 0.3 is 0 Å². The molecule has 0 fully saturated rings. The Balaban J connectivity index is 2.02. The van der Waals surface area contributed by atoms with Gasteiger partial charge in [0.05, 0.1) is 0 Å². The lowest BCUT2D eigenvalue weighted by atomic mass is 10.1. The zero-order valence-electron chi connectivity index (χ0n) is 13.3. The smallest absolute Gasteiger partial charge is 0.287 e. The molecule has 1 aromatic heterocycles. The molecule has 2 N–H and O–H groups in total. The van der Waals surface area contributed by atoms with Crippen LogP contribution in [-0.2, 0) is 22.0 Å². The van der Waals surface area contributed by atoms with Gasteiger partial charge < -0.3 is 10.3 Å². The molecule has 0 spiro atoms. The van der Waals surface area contributed by atoms with Gasteiger partial charge in [0.15, 0.2) is 4.75 Å². The Morgan fingerprint density at radius 1 is 1.32 bits per heavy atom. The fourth-order valence-electron chi connectivity index (χ4n) is 1.63. The minimum atomic E-state index is -0.624. The maximum Gasteiger partial charge on any atom is 0.287 e. The molecule has 118 valence electrons. The van der Waals surface area contributed by atoms with Crippen LogP contribution < -0.4 is 5.73 Å². The van der Waals surface area contributed by atoms with Gasteiger partial charge in [-0.1, -0.05) is 29.4 Å². The van der Waals surface area contributed by atoms with Crippen molar-refractivity contribution in [3.05, 3.63) is 41.7 Å². The lowest BCUT2D eigenvalue weighted by molar-refractivity contribution is 0.0965. The van der Waals surface area contributed by atoms with Crippen LogP contribution in [0.15, 0.2) is 34.9 Å². The van der Waals surface area contributed by atoms with Gasteiger partial charge in [0.1, 0.15) is 29.7 Å². The summed E-state index contributed by atoms with van der Waals surface area (Å²) in [5, 5.41) is 3.84. The summed E-state index contributed by atoms with van der Waals surface area (Å²) in [6.45, 7) is 7.07. The fourth-order valence-corrected chi connectivity index (χ4v) is 2.30. The van der Waals surface area contributed by atoms with Crippen molar-refractivity contribution >= 4 is 17.1 Å². The molecule has 0 aliphatic rings. The predicted molar refractivity (Wildman–Crippen MR) is 88.3 cm³/mol. The Bertz CT molecular complexity index is 644. The topological polar surface area (TPSA) is 78.4 Å². The van der Waals surface area contributed by atoms with E-state index in [9.17, 15) is 4.79 Å². The average Bonchev–Trinajstić information content (AvgIpc) is 2.94. The van der Waals surface area contributed by atoms with E-state index in [1.165, 1.54) is 6.07 Å². The fraction of sp³-hybridized carbons (Fsp3) is 0.375. The lowest BCUT2D eigenvalue weighted by Gasteiger charge is -2.15. The number of nitrogens with two attached hydrogens (primary N) is 1. The number of rotatable bonds is 5. The standard InChI is InChI=1S/C16H20N2O3S/c1-16(2,3)22(4)20-10-11-5-7-12(8-6-11)13-9-14(15(17)19)21-18-13/h5-9H,10H2,1-4H3,(H-,17,19)/p+1. The molecular formula is C16H21N2O3S+. The van der Waals surface area contributed by atoms with Crippen molar-refractivity contribution in [1.82, 2.24) is 5.16 Å². The molecule has 6 heteroatoms. The van der Waals surface area contributed by atoms with E-state index in [0.29, 0.717) is 12.3 Å². The molecule has 1 atom stereocenters. The second-order valence-electron chi connectivity index (χ2n) is 5.97. The van der Waals surface area contributed by atoms with Gasteiger partial charge in [0.2, 0.25) is 5.76 Å². The van der Waals surface area contributed by atoms with E-state index in [-0.39, 0.29) is 21.7 Å². The first kappa shape index (κ1) is 16.6. The van der Waals surface area contributed by atoms with Crippen LogP contribution in [0.1, 0.15) is 36.9 Å². The molecule has 1 amide bonds. The monoisotopic (exact) mass is 321 g/mol. The van der Waals surface area contributed by atoms with E-state index in [2.05, 4.69) is 32.2 Å². The van der Waals surface area contributed by atoms with Gasteiger partial charge in [-0.2, -0.15) is 4.18 Å². The SMILES string of the molecule is C[S+](OCc1ccc(-c2cc(C(N)=O)on2)cc1)C(C)(C)C. The van der Waals surface area contributed by atoms with E-state index in [1.54, 1.807) is 0 Å². The molecule has 1 heterocycles. The predicted octanol–water partition coefficient (Wildman–Crippen LogP) is 2.92. The molecule has 0 saturated carbocycles. The Morgan fingerprint density at radius 2 is 1.95 bits per heavy atom. The van der Waals surface area contributed by atoms with E-state index in [1.807, 2.05) is 24.3 Å². The highest BCUT2D eigenvalue weighted by molar-refractivity contribution is 7.92. The number of hydrogen-bond acceptors (Lipinski definition) is 4. The maximum absolute atomic E-state index is 11.0. The molecule has 0 saturated heterocycles. The molecule has 0 bridgehead atoms. The number of carbonyl (C=O) groups excluding carboxylic acids is 1. The van der Waals surface area contributed by atoms with Crippen LogP contribution in [0.25, 0.3) is 11.3 Å². The number of benzene rings is 1. The third-order valence-corrected chi connectivity index (χ3v) is 5.46. The van der Waals surface area contributed by atoms with E-state index < -0.39 is 5.91 Å². The molecule has 2 rings (SSSR count). The van der Waals surface area contributed by atoms with Crippen molar-refractivity contribution in [2.24, 2.45) is 5.73 Å². The second-order valence-corrected chi connectivity index (χ2v) is 8.33. The molecule has 0 aliphatic heterocycles. The van der Waals surface area contributed by atoms with Gasteiger partial charge in [-0.05, 0) is 26.3 Å². The number of aromatic nitrogens is 1. The Kier molecular flexibility index (Phi) is 4.93. The number of nitrogens with zero attached hydrogens (tertiary/aromatic N) is 1. The molecule has 22 heavy (non-hydrogen) atoms. The van der Waals surface area contributed by atoms with Crippen LogP contribution in [-0.4, -0.2) is 22.1 Å². The summed E-state index contributed by atoms with van der Waals surface area (Å²) in [6.07, 6.45) is 2.11. The molecule has 0 aliphatic carbocycles. The maximum atomic E-state index is 11.0. The first-order valence-electron chi connectivity index (χ1n) is 6.92. The van der Waals surface area contributed by atoms with Crippen LogP contribution in [0.2, 0.25) is 0 Å². The summed E-state index contributed by atoms with van der Waals surface area (Å²) in [5.41, 5.74) is 7.69. The van der Waals surface area contributed by atoms with Gasteiger partial charge in [-0.25, -0.2) is 0 Å². The average molecular weight is 321 g/mol. The van der Waals surface area contributed by atoms with Gasteiger partial charge in [-0.15, -0.1) is 0 Å². The molecule has 1 aromatic carbocycles. The minimum Gasteiger partial charge on any atom is -0.363 e. The highest BCUT2D eigenvalue weighted by Crippen LogP contribution is 2.22. The third kappa shape index (κ3) is 4.11. The summed E-state index contributed by atoms with van der Waals surface area (Å²) in [4.78, 5) is 11.0. The Morgan fingerprint density at radius 3 is 2.45 bits per heavy atom. The number of amides is 1. The van der Waals surface area contributed by atoms with Crippen molar-refractivity contribution < 1.29 is 13.5 Å². The van der Waals surface area contributed by atoms with Crippen molar-refractivity contribution in [2.45, 2.75) is 32.1 Å². The minimum absolute atomic E-state index is 0.0580. The summed E-state index contributed by atoms with van der Waals surface area (Å²) in [6, 6.07) is 9.34. The van der Waals surface area contributed by atoms with Crippen LogP contribution in [0, 0.1) is 0 Å². The van der Waals surface area contributed by atoms with Crippen LogP contribution in [0.3, 0.4) is 0 Å². The molecular weight excluding hydrogens is 300 g/mol. The zero-order chi connectivity index (χ0) is 16.3. The first-order chi connectivity index (χ1) is 10.3. The van der Waals surface area contributed by atoms with Crippen molar-refractivity contribution in [3.8, 4) is 11.3 Å². The molecule has 1 unspecified atom stereocenters. The first-order valence-corrected chi connectivity index (χ1v) is 8.48. The Hall–Kier alpha value is -1.79. The van der Waals surface area contributed by atoms with Crippen LogP contribution in [0.5, 0.6) is 0 Å². The highest BCUT2D eigenvalue weighted by atomic mass is 32.2. The van der Waals surface area contributed by atoms with Gasteiger partial charge in [-0.3, -0.25) is 4.79 Å². The summed E-state index contributed by atoms with van der Waals surface area (Å²) < 4.78 is 10.9. The van der Waals surface area contributed by atoms with Crippen LogP contribution in [0.4, 0.5) is 0 Å². The summed E-state index contributed by atoms with van der Waals surface area (Å²) >= 11 is -0.110. The normalized spacial score (nSPS) is 13.1. The molecule has 0 radical (unpaired) electrons. The lowest BCUT2D eigenvalue weighted by Crippen LogP contribution is -2.28. The van der Waals surface area contributed by atoms with Gasteiger partial charge in [0.25, 0.3) is 5.91 Å². The summed E-state index contributed by atoms with van der Waals surface area (Å²) in [7, 11) is 0. The van der Waals surface area contributed by atoms with Crippen LogP contribution >= 0.6 is 0 Å². The van der Waals surface area contributed by atoms with Crippen molar-refractivity contribution in [1.29, 1.82) is 0 Å². The number of carbonyl (C=O) groups is 1. The number of hydrogen-bond donors (Lipinski definition) is 1. The number of primary amides is 1.